The number of nitriles is 1. The number of nitrogens with zero attached hydrogens (tertiary/aromatic N) is 3. The number of hydrogen-bond acceptors (Lipinski definition) is 4. The van der Waals surface area contributed by atoms with Gasteiger partial charge in [-0.2, -0.15) is 5.26 Å². The molecule has 2 N–H and O–H groups in total. The highest BCUT2D eigenvalue weighted by atomic mass is 14.9. The molecule has 0 saturated heterocycles. The smallest absolute Gasteiger partial charge is 0.164 e. The molecule has 0 saturated carbocycles. The summed E-state index contributed by atoms with van der Waals surface area (Å²) in [5.74, 6) is 0.361. The number of aromatic nitrogens is 2. The van der Waals surface area contributed by atoms with Gasteiger partial charge in [-0.1, -0.05) is 6.92 Å². The van der Waals surface area contributed by atoms with Crippen LogP contribution in [0.1, 0.15) is 24.0 Å². The number of nitrogen functional groups attached to an aromatic ring is 1. The highest BCUT2D eigenvalue weighted by molar-refractivity contribution is 5.40. The molecule has 0 fully saturated rings. The maximum absolute atomic E-state index is 8.60. The number of nitrogens with two attached hydrogens (primary N) is 1. The minimum Gasteiger partial charge on any atom is -0.382 e. The van der Waals surface area contributed by atoms with Gasteiger partial charge in [0.1, 0.15) is 11.9 Å². The Balaban J connectivity index is 3.28. The van der Waals surface area contributed by atoms with Crippen LogP contribution in [0, 0.1) is 18.3 Å². The second-order valence-electron chi connectivity index (χ2n) is 2.45. The Labute approximate surface area is 71.1 Å². The predicted octanol–water partition coefficient (Wildman–Crippen LogP) is 0.801. The largest absolute Gasteiger partial charge is 0.382 e. The van der Waals surface area contributed by atoms with Gasteiger partial charge in [0.2, 0.25) is 0 Å². The maximum Gasteiger partial charge on any atom is 0.164 e. The molecule has 0 radical (unpaired) electrons. The van der Waals surface area contributed by atoms with Gasteiger partial charge >= 0.3 is 0 Å². The van der Waals surface area contributed by atoms with Crippen LogP contribution in [-0.2, 0) is 6.42 Å². The summed E-state index contributed by atoms with van der Waals surface area (Å²) in [5.41, 5.74) is 7.26. The van der Waals surface area contributed by atoms with E-state index in [1.807, 2.05) is 13.0 Å². The van der Waals surface area contributed by atoms with Gasteiger partial charge in [0, 0.05) is 0 Å². The zero-order valence-electron chi connectivity index (χ0n) is 7.13. The number of rotatable bonds is 1. The molecule has 1 heterocycles. The molecule has 1 rings (SSSR count). The summed E-state index contributed by atoms with van der Waals surface area (Å²) in [6, 6.07) is 1.93. The van der Waals surface area contributed by atoms with Crippen molar-refractivity contribution < 1.29 is 0 Å². The van der Waals surface area contributed by atoms with Crippen molar-refractivity contribution in [1.82, 2.24) is 9.97 Å². The van der Waals surface area contributed by atoms with Crippen LogP contribution in [0.25, 0.3) is 0 Å². The van der Waals surface area contributed by atoms with Crippen molar-refractivity contribution in [1.29, 1.82) is 5.26 Å². The molecule has 0 aliphatic heterocycles. The minimum atomic E-state index is 0.310. The average Bonchev–Trinajstić information content (AvgIpc) is 2.08. The van der Waals surface area contributed by atoms with Gasteiger partial charge in [-0.25, -0.2) is 4.98 Å². The second kappa shape index (κ2) is 3.18. The molecule has 4 nitrogen and oxygen atoms in total. The van der Waals surface area contributed by atoms with E-state index in [-0.39, 0.29) is 0 Å². The second-order valence-corrected chi connectivity index (χ2v) is 2.45. The molecule has 0 bridgehead atoms. The maximum atomic E-state index is 8.60. The third-order valence-electron chi connectivity index (χ3n) is 1.61. The predicted molar refractivity (Wildman–Crippen MR) is 45.3 cm³/mol. The summed E-state index contributed by atoms with van der Waals surface area (Å²) < 4.78 is 0. The number of aryl methyl sites for hydroxylation is 2. The van der Waals surface area contributed by atoms with Crippen LogP contribution in [-0.4, -0.2) is 9.97 Å². The molecule has 0 unspecified atom stereocenters. The van der Waals surface area contributed by atoms with Gasteiger partial charge in [-0.05, 0) is 13.3 Å². The molecule has 0 atom stereocenters. The van der Waals surface area contributed by atoms with Gasteiger partial charge in [0.15, 0.2) is 5.69 Å². The van der Waals surface area contributed by atoms with Crippen molar-refractivity contribution in [2.45, 2.75) is 20.3 Å². The summed E-state index contributed by atoms with van der Waals surface area (Å²) >= 11 is 0. The van der Waals surface area contributed by atoms with Crippen LogP contribution in [0.4, 0.5) is 5.82 Å². The lowest BCUT2D eigenvalue weighted by atomic mass is 10.3. The molecule has 0 spiro atoms. The SMILES string of the molecule is CCc1nc(C)c(C#N)nc1N. The standard InChI is InChI=1S/C8H10N4/c1-3-6-8(10)12-7(4-9)5(2)11-6/h3H2,1-2H3,(H2,10,12). The van der Waals surface area contributed by atoms with Crippen molar-refractivity contribution in [3.63, 3.8) is 0 Å². The summed E-state index contributed by atoms with van der Waals surface area (Å²) in [5, 5.41) is 8.60. The highest BCUT2D eigenvalue weighted by Gasteiger charge is 2.05. The van der Waals surface area contributed by atoms with Crippen LogP contribution in [0.15, 0.2) is 0 Å². The molecule has 4 heteroatoms. The first kappa shape index (κ1) is 8.47. The Morgan fingerprint density at radius 1 is 1.50 bits per heavy atom. The van der Waals surface area contributed by atoms with E-state index in [9.17, 15) is 0 Å². The van der Waals surface area contributed by atoms with E-state index >= 15 is 0 Å². The zero-order valence-corrected chi connectivity index (χ0v) is 7.13. The van der Waals surface area contributed by atoms with Gasteiger partial charge in [0.05, 0.1) is 11.4 Å². The molecule has 0 amide bonds. The van der Waals surface area contributed by atoms with Gasteiger partial charge in [-0.3, -0.25) is 4.98 Å². The van der Waals surface area contributed by atoms with Gasteiger partial charge in [-0.15, -0.1) is 0 Å². The Morgan fingerprint density at radius 3 is 2.67 bits per heavy atom. The topological polar surface area (TPSA) is 75.6 Å². The molecule has 1 aromatic heterocycles. The van der Waals surface area contributed by atoms with Crippen LogP contribution in [0.5, 0.6) is 0 Å². The quantitative estimate of drug-likeness (QED) is 0.662. The third-order valence-corrected chi connectivity index (χ3v) is 1.61. The van der Waals surface area contributed by atoms with Gasteiger partial charge in [0.25, 0.3) is 0 Å². The summed E-state index contributed by atoms with van der Waals surface area (Å²) in [6.07, 6.45) is 0.741. The molecule has 12 heavy (non-hydrogen) atoms. The molecule has 0 aliphatic rings. The molecule has 0 aliphatic carbocycles. The lowest BCUT2D eigenvalue weighted by Crippen LogP contribution is -2.04. The first-order valence-electron chi connectivity index (χ1n) is 3.72. The minimum absolute atomic E-state index is 0.310. The summed E-state index contributed by atoms with van der Waals surface area (Å²) in [6.45, 7) is 3.70. The van der Waals surface area contributed by atoms with Crippen molar-refractivity contribution in [3.05, 3.63) is 17.1 Å². The lowest BCUT2D eigenvalue weighted by molar-refractivity contribution is 0.967. The fraction of sp³-hybridized carbons (Fsp3) is 0.375. The summed E-state index contributed by atoms with van der Waals surface area (Å²) in [4.78, 5) is 8.07. The lowest BCUT2D eigenvalue weighted by Gasteiger charge is -2.02. The van der Waals surface area contributed by atoms with Crippen molar-refractivity contribution in [2.75, 3.05) is 5.73 Å². The fourth-order valence-electron chi connectivity index (χ4n) is 0.945. The molecule has 62 valence electrons. The first-order valence-corrected chi connectivity index (χ1v) is 3.72. The van der Waals surface area contributed by atoms with Crippen LogP contribution in [0.3, 0.4) is 0 Å². The van der Waals surface area contributed by atoms with Crippen LogP contribution in [0.2, 0.25) is 0 Å². The van der Waals surface area contributed by atoms with E-state index in [0.29, 0.717) is 17.2 Å². The number of hydrogen-bond donors (Lipinski definition) is 1. The Bertz CT molecular complexity index is 337. The summed E-state index contributed by atoms with van der Waals surface area (Å²) in [7, 11) is 0. The first-order chi connectivity index (χ1) is 5.69. The Hall–Kier alpha value is -1.63. The highest BCUT2D eigenvalue weighted by Crippen LogP contribution is 2.09. The van der Waals surface area contributed by atoms with Crippen LogP contribution < -0.4 is 5.73 Å². The Kier molecular flexibility index (Phi) is 2.24. The van der Waals surface area contributed by atoms with Gasteiger partial charge < -0.3 is 5.73 Å². The van der Waals surface area contributed by atoms with E-state index in [1.165, 1.54) is 0 Å². The van der Waals surface area contributed by atoms with Crippen molar-refractivity contribution >= 4 is 5.82 Å². The average molecular weight is 162 g/mol. The number of anilines is 1. The Morgan fingerprint density at radius 2 is 2.17 bits per heavy atom. The van der Waals surface area contributed by atoms with E-state index < -0.39 is 0 Å². The monoisotopic (exact) mass is 162 g/mol. The third kappa shape index (κ3) is 1.35. The normalized spacial score (nSPS) is 9.42. The fourth-order valence-corrected chi connectivity index (χ4v) is 0.945. The molecule has 1 aromatic rings. The van der Waals surface area contributed by atoms with E-state index in [1.54, 1.807) is 6.92 Å². The molecule has 0 aromatic carbocycles. The van der Waals surface area contributed by atoms with E-state index in [4.69, 9.17) is 11.0 Å². The van der Waals surface area contributed by atoms with Crippen molar-refractivity contribution in [3.8, 4) is 6.07 Å². The van der Waals surface area contributed by atoms with E-state index in [0.717, 1.165) is 12.1 Å². The molecular formula is C8H10N4. The van der Waals surface area contributed by atoms with Crippen molar-refractivity contribution in [2.24, 2.45) is 0 Å². The van der Waals surface area contributed by atoms with Crippen LogP contribution >= 0.6 is 0 Å². The molecular weight excluding hydrogens is 152 g/mol. The van der Waals surface area contributed by atoms with E-state index in [2.05, 4.69) is 9.97 Å². The zero-order chi connectivity index (χ0) is 9.14.